The molecule has 1 atom stereocenters. The van der Waals surface area contributed by atoms with Crippen LogP contribution in [-0.4, -0.2) is 35.2 Å². The number of hydrogen-bond acceptors (Lipinski definition) is 5. The molecule has 0 fully saturated rings. The van der Waals surface area contributed by atoms with Crippen LogP contribution in [0.2, 0.25) is 0 Å². The van der Waals surface area contributed by atoms with Crippen LogP contribution in [0.25, 0.3) is 11.1 Å². The molecule has 2 amide bonds. The number of halogens is 6. The molecular formula is C26H21F6N5O2. The van der Waals surface area contributed by atoms with E-state index in [1.165, 1.54) is 24.4 Å². The number of amides is 2. The van der Waals surface area contributed by atoms with E-state index in [0.717, 1.165) is 24.4 Å². The Labute approximate surface area is 218 Å². The first-order valence-corrected chi connectivity index (χ1v) is 11.2. The van der Waals surface area contributed by atoms with Gasteiger partial charge in [-0.1, -0.05) is 12.1 Å². The molecule has 3 aromatic rings. The van der Waals surface area contributed by atoms with Crippen LogP contribution >= 0.6 is 0 Å². The van der Waals surface area contributed by atoms with Crippen LogP contribution in [-0.2, 0) is 11.2 Å². The molecule has 7 nitrogen and oxygen atoms in total. The second kappa shape index (κ2) is 12.2. The van der Waals surface area contributed by atoms with Crippen molar-refractivity contribution < 1.29 is 35.9 Å². The van der Waals surface area contributed by atoms with Crippen molar-refractivity contribution in [3.8, 4) is 11.1 Å². The molecule has 5 N–H and O–H groups in total. The van der Waals surface area contributed by atoms with Crippen LogP contribution in [0.15, 0.2) is 67.0 Å². The molecule has 0 saturated heterocycles. The number of benzene rings is 2. The van der Waals surface area contributed by atoms with E-state index in [0.29, 0.717) is 23.3 Å². The second-order valence-corrected chi connectivity index (χ2v) is 8.22. The lowest BCUT2D eigenvalue weighted by atomic mass is 9.94. The first kappa shape index (κ1) is 28.9. The van der Waals surface area contributed by atoms with Gasteiger partial charge in [0.15, 0.2) is 0 Å². The molecule has 0 aliphatic rings. The molecule has 0 spiro atoms. The lowest BCUT2D eigenvalue weighted by Crippen LogP contribution is -2.36. The summed E-state index contributed by atoms with van der Waals surface area (Å²) < 4.78 is 79.1. The molecule has 3 rings (SSSR count). The third kappa shape index (κ3) is 7.90. The van der Waals surface area contributed by atoms with E-state index in [4.69, 9.17) is 11.1 Å². The molecule has 0 aliphatic carbocycles. The first-order valence-electron chi connectivity index (χ1n) is 11.2. The van der Waals surface area contributed by atoms with Crippen LogP contribution < -0.4 is 16.4 Å². The molecule has 1 aromatic heterocycles. The minimum atomic E-state index is -4.85. The lowest BCUT2D eigenvalue weighted by Gasteiger charge is -2.22. The van der Waals surface area contributed by atoms with Crippen molar-refractivity contribution in [2.24, 2.45) is 5.73 Å². The fourth-order valence-corrected chi connectivity index (χ4v) is 3.64. The molecule has 2 aromatic carbocycles. The van der Waals surface area contributed by atoms with Gasteiger partial charge in [-0.3, -0.25) is 20.0 Å². The average Bonchev–Trinajstić information content (AvgIpc) is 2.85. The van der Waals surface area contributed by atoms with Crippen LogP contribution in [0.1, 0.15) is 27.7 Å². The zero-order valence-electron chi connectivity index (χ0n) is 20.0. The fourth-order valence-electron chi connectivity index (χ4n) is 3.64. The monoisotopic (exact) mass is 549 g/mol. The van der Waals surface area contributed by atoms with E-state index in [9.17, 15) is 35.9 Å². The summed E-state index contributed by atoms with van der Waals surface area (Å²) in [6.45, 7) is -0.514. The number of pyridine rings is 1. The third-order valence-corrected chi connectivity index (χ3v) is 5.34. The highest BCUT2D eigenvalue weighted by Crippen LogP contribution is 2.30. The summed E-state index contributed by atoms with van der Waals surface area (Å²) >= 11 is 0. The van der Waals surface area contributed by atoms with E-state index in [-0.39, 0.29) is 17.7 Å². The fraction of sp³-hybridized carbons (Fsp3) is 0.154. The predicted molar refractivity (Wildman–Crippen MR) is 130 cm³/mol. The summed E-state index contributed by atoms with van der Waals surface area (Å²) in [5.74, 6) is -4.32. The highest BCUT2D eigenvalue weighted by molar-refractivity contribution is 5.96. The number of nitrogens with two attached hydrogens (primary N) is 1. The number of nitrogens with one attached hydrogen (secondary N) is 3. The molecule has 0 saturated carbocycles. The first-order chi connectivity index (χ1) is 18.3. The molecule has 1 heterocycles. The maximum Gasteiger partial charge on any atom is 0.432 e. The minimum Gasteiger partial charge on any atom is -0.382 e. The summed E-state index contributed by atoms with van der Waals surface area (Å²) in [6.07, 6.45) is -2.42. The molecule has 204 valence electrons. The average molecular weight is 549 g/mol. The number of nitrogens with zero attached hydrogens (tertiary/aromatic N) is 1. The topological polar surface area (TPSA) is 121 Å². The summed E-state index contributed by atoms with van der Waals surface area (Å²) in [5, 5.41) is 11.8. The Morgan fingerprint density at radius 2 is 1.74 bits per heavy atom. The van der Waals surface area contributed by atoms with E-state index in [1.54, 1.807) is 6.07 Å². The van der Waals surface area contributed by atoms with Crippen LogP contribution in [0.5, 0.6) is 0 Å². The second-order valence-electron chi connectivity index (χ2n) is 8.22. The number of primary amides is 1. The molecule has 39 heavy (non-hydrogen) atoms. The number of aromatic nitrogens is 1. The standard InChI is InChI=1S/C26H21F6N5O2/c27-16-8-14(9-17(28)12-16)10-21(37-23(38)13-35-7-5-22(33)26(30,31)32)24-18(2-1-6-36-24)15-3-4-20(29)19(11-15)25(34)39/h1-9,11-12,21,33,35H,10,13H2,(H2,34,39)(H,37,38)/b7-5-,33-22?/t21-/m0/s1. The summed E-state index contributed by atoms with van der Waals surface area (Å²) in [4.78, 5) is 28.6. The number of carbonyl (C=O) groups is 2. The Hall–Kier alpha value is -4.68. The minimum absolute atomic E-state index is 0.151. The van der Waals surface area contributed by atoms with Crippen molar-refractivity contribution in [2.75, 3.05) is 6.54 Å². The van der Waals surface area contributed by atoms with Gasteiger partial charge >= 0.3 is 6.18 Å². The van der Waals surface area contributed by atoms with Gasteiger partial charge in [0.25, 0.3) is 5.91 Å². The molecule has 0 radical (unpaired) electrons. The molecule has 0 aliphatic heterocycles. The number of hydrogen-bond donors (Lipinski definition) is 4. The summed E-state index contributed by atoms with van der Waals surface area (Å²) in [5.41, 5.74) is 4.21. The Kier molecular flexibility index (Phi) is 9.07. The largest absolute Gasteiger partial charge is 0.432 e. The zero-order chi connectivity index (χ0) is 28.7. The molecule has 0 bridgehead atoms. The van der Waals surface area contributed by atoms with Gasteiger partial charge in [-0.25, -0.2) is 13.2 Å². The highest BCUT2D eigenvalue weighted by Gasteiger charge is 2.32. The van der Waals surface area contributed by atoms with Crippen molar-refractivity contribution >= 4 is 17.5 Å². The highest BCUT2D eigenvalue weighted by atomic mass is 19.4. The van der Waals surface area contributed by atoms with Crippen molar-refractivity contribution in [2.45, 2.75) is 18.6 Å². The normalized spacial score (nSPS) is 12.3. The van der Waals surface area contributed by atoms with E-state index in [1.807, 2.05) is 0 Å². The lowest BCUT2D eigenvalue weighted by molar-refractivity contribution is -0.120. The summed E-state index contributed by atoms with van der Waals surface area (Å²) in [7, 11) is 0. The van der Waals surface area contributed by atoms with Gasteiger partial charge in [-0.05, 0) is 60.2 Å². The third-order valence-electron chi connectivity index (χ3n) is 5.34. The van der Waals surface area contributed by atoms with Crippen molar-refractivity contribution in [1.82, 2.24) is 15.6 Å². The van der Waals surface area contributed by atoms with E-state index in [2.05, 4.69) is 15.6 Å². The van der Waals surface area contributed by atoms with Crippen LogP contribution in [0.4, 0.5) is 26.3 Å². The van der Waals surface area contributed by atoms with Gasteiger partial charge in [-0.2, -0.15) is 13.2 Å². The van der Waals surface area contributed by atoms with Gasteiger partial charge in [0.1, 0.15) is 23.2 Å². The maximum absolute atomic E-state index is 14.1. The maximum atomic E-state index is 14.1. The van der Waals surface area contributed by atoms with Gasteiger partial charge < -0.3 is 16.4 Å². The van der Waals surface area contributed by atoms with Crippen LogP contribution in [0.3, 0.4) is 0 Å². The molecule has 13 heteroatoms. The zero-order valence-corrected chi connectivity index (χ0v) is 20.0. The van der Waals surface area contributed by atoms with E-state index >= 15 is 0 Å². The number of rotatable bonds is 10. The Morgan fingerprint density at radius 3 is 2.38 bits per heavy atom. The van der Waals surface area contributed by atoms with Gasteiger partial charge in [0, 0.05) is 17.8 Å². The molecular weight excluding hydrogens is 528 g/mol. The van der Waals surface area contributed by atoms with Gasteiger partial charge in [0.2, 0.25) is 5.91 Å². The van der Waals surface area contributed by atoms with Crippen molar-refractivity contribution in [1.29, 1.82) is 5.41 Å². The van der Waals surface area contributed by atoms with Crippen LogP contribution in [0, 0.1) is 22.9 Å². The quantitative estimate of drug-likeness (QED) is 0.222. The van der Waals surface area contributed by atoms with Crippen molar-refractivity contribution in [3.63, 3.8) is 0 Å². The van der Waals surface area contributed by atoms with E-state index < -0.39 is 59.3 Å². The number of alkyl halides is 3. The Morgan fingerprint density at radius 1 is 1.05 bits per heavy atom. The molecule has 0 unspecified atom stereocenters. The summed E-state index contributed by atoms with van der Waals surface area (Å²) in [6, 6.07) is 8.42. The Balaban J connectivity index is 1.94. The van der Waals surface area contributed by atoms with Crippen molar-refractivity contribution in [3.05, 3.63) is 101 Å². The van der Waals surface area contributed by atoms with Gasteiger partial charge in [0.05, 0.1) is 23.8 Å². The SMILES string of the molecule is N=C(/C=C\NCC(=O)N[C@@H](Cc1cc(F)cc(F)c1)c1ncccc1-c1ccc(F)c(C(N)=O)c1)C(F)(F)F. The predicted octanol–water partition coefficient (Wildman–Crippen LogP) is 4.35. The Bertz CT molecular complexity index is 1400. The smallest absolute Gasteiger partial charge is 0.382 e. The number of carbonyl (C=O) groups excluding carboxylic acids is 2. The van der Waals surface area contributed by atoms with Gasteiger partial charge in [-0.15, -0.1) is 0 Å². The number of allylic oxidation sites excluding steroid dienone is 1.